The van der Waals surface area contributed by atoms with E-state index in [1.807, 2.05) is 48.5 Å². The zero-order valence-electron chi connectivity index (χ0n) is 26.4. The molecule has 0 aliphatic carbocycles. The van der Waals surface area contributed by atoms with E-state index in [0.29, 0.717) is 5.89 Å². The van der Waals surface area contributed by atoms with Crippen LogP contribution in [0.5, 0.6) is 0 Å². The van der Waals surface area contributed by atoms with Crippen molar-refractivity contribution in [1.29, 1.82) is 0 Å². The van der Waals surface area contributed by atoms with Crippen LogP contribution >= 0.6 is 0 Å². The summed E-state index contributed by atoms with van der Waals surface area (Å²) in [6, 6.07) is 59.4. The van der Waals surface area contributed by atoms with Crippen molar-refractivity contribution in [2.24, 2.45) is 0 Å². The van der Waals surface area contributed by atoms with Crippen LogP contribution in [0.4, 0.5) is 17.1 Å². The van der Waals surface area contributed by atoms with Crippen molar-refractivity contribution in [1.82, 2.24) is 4.98 Å². The largest absolute Gasteiger partial charge is 0.456 e. The van der Waals surface area contributed by atoms with Crippen LogP contribution in [0.25, 0.3) is 77.2 Å². The number of hydrogen-bond donors (Lipinski definition) is 0. The fourth-order valence-corrected chi connectivity index (χ4v) is 7.09. The molecule has 0 saturated carbocycles. The number of nitrogens with zero attached hydrogens (tertiary/aromatic N) is 2. The van der Waals surface area contributed by atoms with Crippen molar-refractivity contribution >= 4 is 71.6 Å². The van der Waals surface area contributed by atoms with Gasteiger partial charge in [-0.25, -0.2) is 4.98 Å². The minimum atomic E-state index is 0.600. The highest BCUT2D eigenvalue weighted by atomic mass is 16.4. The van der Waals surface area contributed by atoms with Crippen LogP contribution in [0.1, 0.15) is 0 Å². The van der Waals surface area contributed by atoms with Crippen LogP contribution in [0.15, 0.2) is 179 Å². The van der Waals surface area contributed by atoms with E-state index in [-0.39, 0.29) is 0 Å². The molecule has 0 unspecified atom stereocenters. The van der Waals surface area contributed by atoms with Crippen LogP contribution in [-0.2, 0) is 0 Å². The Labute approximate surface area is 282 Å². The van der Waals surface area contributed by atoms with E-state index in [1.54, 1.807) is 0 Å². The molecule has 0 radical (unpaired) electrons. The Morgan fingerprint density at radius 3 is 1.86 bits per heavy atom. The summed E-state index contributed by atoms with van der Waals surface area (Å²) in [4.78, 5) is 7.11. The Hall–Kier alpha value is -6.65. The lowest BCUT2D eigenvalue weighted by atomic mass is 10.0. The number of rotatable bonds is 5. The number of benzene rings is 8. The molecule has 0 atom stereocenters. The molecule has 0 fully saturated rings. The molecule has 0 aliphatic heterocycles. The summed E-state index contributed by atoms with van der Waals surface area (Å²) in [5, 5.41) is 6.81. The SMILES string of the molecule is c1ccc(-c2ccc(N(c3ccc4c(c3)oc3ccc5nc(-c6ccccc6)oc5c34)c3ccc4ccc5ccccc5c4c3)cc2)cc1. The third-order valence-corrected chi connectivity index (χ3v) is 9.47. The molecule has 230 valence electrons. The fraction of sp³-hybridized carbons (Fsp3) is 0. The van der Waals surface area contributed by atoms with Crippen LogP contribution in [0, 0.1) is 0 Å². The minimum Gasteiger partial charge on any atom is -0.456 e. The summed E-state index contributed by atoms with van der Waals surface area (Å²) in [6.07, 6.45) is 0. The topological polar surface area (TPSA) is 42.4 Å². The predicted octanol–water partition coefficient (Wildman–Crippen LogP) is 12.8. The average Bonchev–Trinajstić information content (AvgIpc) is 3.77. The van der Waals surface area contributed by atoms with Gasteiger partial charge in [-0.3, -0.25) is 0 Å². The summed E-state index contributed by atoms with van der Waals surface area (Å²) in [6.45, 7) is 0. The van der Waals surface area contributed by atoms with Crippen molar-refractivity contribution < 1.29 is 8.83 Å². The summed E-state index contributed by atoms with van der Waals surface area (Å²) >= 11 is 0. The molecule has 8 aromatic carbocycles. The van der Waals surface area contributed by atoms with E-state index >= 15 is 0 Å². The van der Waals surface area contributed by atoms with Gasteiger partial charge < -0.3 is 13.7 Å². The third kappa shape index (κ3) is 4.57. The number of anilines is 3. The van der Waals surface area contributed by atoms with Crippen LogP contribution in [0.2, 0.25) is 0 Å². The van der Waals surface area contributed by atoms with E-state index in [2.05, 4.69) is 126 Å². The molecule has 0 aliphatic rings. The molecule has 49 heavy (non-hydrogen) atoms. The monoisotopic (exact) mass is 628 g/mol. The van der Waals surface area contributed by atoms with Gasteiger partial charge in [0.25, 0.3) is 0 Å². The zero-order valence-corrected chi connectivity index (χ0v) is 26.4. The highest BCUT2D eigenvalue weighted by Gasteiger charge is 2.20. The zero-order chi connectivity index (χ0) is 32.3. The van der Waals surface area contributed by atoms with E-state index in [1.165, 1.54) is 32.7 Å². The van der Waals surface area contributed by atoms with Crippen molar-refractivity contribution in [2.75, 3.05) is 4.90 Å². The number of furan rings is 1. The second kappa shape index (κ2) is 11.0. The van der Waals surface area contributed by atoms with Crippen molar-refractivity contribution in [3.8, 4) is 22.6 Å². The van der Waals surface area contributed by atoms with E-state index < -0.39 is 0 Å². The van der Waals surface area contributed by atoms with E-state index in [9.17, 15) is 0 Å². The molecule has 4 heteroatoms. The van der Waals surface area contributed by atoms with Crippen molar-refractivity contribution in [3.05, 3.63) is 170 Å². The normalized spacial score (nSPS) is 11.7. The van der Waals surface area contributed by atoms with Gasteiger partial charge in [0.1, 0.15) is 16.7 Å². The molecular formula is C45H28N2O2. The van der Waals surface area contributed by atoms with Gasteiger partial charge in [0, 0.05) is 34.1 Å². The smallest absolute Gasteiger partial charge is 0.227 e. The van der Waals surface area contributed by atoms with Gasteiger partial charge in [0.05, 0.1) is 5.39 Å². The van der Waals surface area contributed by atoms with Crippen molar-refractivity contribution in [2.45, 2.75) is 0 Å². The second-order valence-corrected chi connectivity index (χ2v) is 12.4. The average molecular weight is 629 g/mol. The molecule has 4 nitrogen and oxygen atoms in total. The molecule has 2 heterocycles. The first-order valence-corrected chi connectivity index (χ1v) is 16.5. The molecule has 0 bridgehead atoms. The second-order valence-electron chi connectivity index (χ2n) is 12.4. The molecular weight excluding hydrogens is 601 g/mol. The molecule has 0 spiro atoms. The lowest BCUT2D eigenvalue weighted by molar-refractivity contribution is 0.622. The minimum absolute atomic E-state index is 0.600. The fourth-order valence-electron chi connectivity index (χ4n) is 7.09. The first kappa shape index (κ1) is 27.5. The standard InChI is InChI=1S/C45H28N2O2/c1-3-9-29(10-4-1)30-17-20-34(21-18-30)47(35-22-19-32-16-15-31-11-7-8-14-37(31)39(32)27-35)36-23-24-38-42(28-36)48-41-26-25-40-44(43(38)41)49-45(46-40)33-12-5-2-6-13-33/h1-28H. The summed E-state index contributed by atoms with van der Waals surface area (Å²) in [5.41, 5.74) is 9.52. The van der Waals surface area contributed by atoms with Crippen LogP contribution in [0.3, 0.4) is 0 Å². The predicted molar refractivity (Wildman–Crippen MR) is 202 cm³/mol. The lowest BCUT2D eigenvalue weighted by Crippen LogP contribution is -2.09. The Morgan fingerprint density at radius 2 is 1.04 bits per heavy atom. The van der Waals surface area contributed by atoms with Gasteiger partial charge >= 0.3 is 0 Å². The first-order valence-electron chi connectivity index (χ1n) is 16.5. The summed E-state index contributed by atoms with van der Waals surface area (Å²) < 4.78 is 12.9. The number of aromatic nitrogens is 1. The first-order chi connectivity index (χ1) is 24.3. The lowest BCUT2D eigenvalue weighted by Gasteiger charge is -2.26. The van der Waals surface area contributed by atoms with Gasteiger partial charge in [-0.15, -0.1) is 0 Å². The highest BCUT2D eigenvalue weighted by molar-refractivity contribution is 6.17. The van der Waals surface area contributed by atoms with Gasteiger partial charge in [-0.05, 0) is 93.3 Å². The summed E-state index contributed by atoms with van der Waals surface area (Å²) in [5.74, 6) is 0.600. The van der Waals surface area contributed by atoms with Gasteiger partial charge in [0.15, 0.2) is 5.58 Å². The molecule has 0 saturated heterocycles. The molecule has 2 aromatic heterocycles. The molecule has 10 rings (SSSR count). The number of oxazole rings is 1. The maximum atomic E-state index is 6.53. The number of fused-ring (bicyclic) bond motifs is 8. The van der Waals surface area contributed by atoms with Crippen LogP contribution in [-0.4, -0.2) is 4.98 Å². The Bertz CT molecular complexity index is 2820. The third-order valence-electron chi connectivity index (χ3n) is 9.47. The van der Waals surface area contributed by atoms with Gasteiger partial charge in [-0.2, -0.15) is 0 Å². The van der Waals surface area contributed by atoms with Crippen molar-refractivity contribution in [3.63, 3.8) is 0 Å². The van der Waals surface area contributed by atoms with Gasteiger partial charge in [0.2, 0.25) is 5.89 Å². The van der Waals surface area contributed by atoms with E-state index in [0.717, 1.165) is 55.7 Å². The van der Waals surface area contributed by atoms with E-state index in [4.69, 9.17) is 13.8 Å². The molecule has 0 N–H and O–H groups in total. The highest BCUT2D eigenvalue weighted by Crippen LogP contribution is 2.42. The quantitative estimate of drug-likeness (QED) is 0.178. The maximum absolute atomic E-state index is 6.53. The molecule has 10 aromatic rings. The Balaban J connectivity index is 1.15. The maximum Gasteiger partial charge on any atom is 0.227 e. The number of hydrogen-bond acceptors (Lipinski definition) is 4. The summed E-state index contributed by atoms with van der Waals surface area (Å²) in [7, 11) is 0. The molecule has 0 amide bonds. The van der Waals surface area contributed by atoms with Gasteiger partial charge in [-0.1, -0.05) is 103 Å². The Morgan fingerprint density at radius 1 is 0.408 bits per heavy atom. The Kier molecular flexibility index (Phi) is 6.15. The van der Waals surface area contributed by atoms with Crippen LogP contribution < -0.4 is 4.90 Å².